The maximum Gasteiger partial charge on any atom is 0.225 e. The minimum Gasteiger partial charge on any atom is -0.395 e. The van der Waals surface area contributed by atoms with E-state index < -0.39 is 41.1 Å². The second-order valence-corrected chi connectivity index (χ2v) is 7.69. The monoisotopic (exact) mass is 461 g/mol. The maximum atomic E-state index is 14.3. The number of nitrogens with two attached hydrogens (primary N) is 1. The molecular formula is C24H23F4N3O2. The number of amides is 1. The molecule has 0 fully saturated rings. The number of hydrogen-bond acceptors (Lipinski definition) is 4. The van der Waals surface area contributed by atoms with Crippen molar-refractivity contribution in [2.24, 2.45) is 5.73 Å². The number of hydrogen-bond donors (Lipinski definition) is 3. The molecule has 0 radical (unpaired) electrons. The van der Waals surface area contributed by atoms with Crippen LogP contribution in [-0.2, 0) is 11.2 Å². The molecule has 0 aliphatic rings. The van der Waals surface area contributed by atoms with Crippen LogP contribution in [0.4, 0.5) is 23.2 Å². The topological polar surface area (TPSA) is 88.2 Å². The molecule has 174 valence electrons. The smallest absolute Gasteiger partial charge is 0.225 e. The molecule has 4 N–H and O–H groups in total. The van der Waals surface area contributed by atoms with Gasteiger partial charge in [-0.2, -0.15) is 0 Å². The third-order valence-electron chi connectivity index (χ3n) is 5.23. The summed E-state index contributed by atoms with van der Waals surface area (Å²) >= 11 is 0. The van der Waals surface area contributed by atoms with Gasteiger partial charge in [-0.3, -0.25) is 9.78 Å². The zero-order valence-corrected chi connectivity index (χ0v) is 17.6. The molecule has 5 nitrogen and oxygen atoms in total. The van der Waals surface area contributed by atoms with Crippen molar-refractivity contribution in [2.75, 3.05) is 11.9 Å². The molecule has 0 spiro atoms. The number of pyridine rings is 1. The standard InChI is InChI=1S/C24H23F4N3O2/c25-16-3-1-14(2-4-16)21(15-7-17(26)9-18(27)8-15)10-24(33)31-23-12-30-11-22(28)20(23)6-5-19(29)13-32/h1-4,7-9,11-12,19,21,32H,5-6,10,13,29H2,(H,31,33). The Balaban J connectivity index is 1.86. The molecule has 0 aliphatic carbocycles. The molecule has 2 atom stereocenters. The van der Waals surface area contributed by atoms with Crippen molar-refractivity contribution in [3.63, 3.8) is 0 Å². The van der Waals surface area contributed by atoms with Gasteiger partial charge >= 0.3 is 0 Å². The second kappa shape index (κ2) is 11.0. The molecule has 2 aromatic carbocycles. The summed E-state index contributed by atoms with van der Waals surface area (Å²) in [5, 5.41) is 11.7. The zero-order valence-electron chi connectivity index (χ0n) is 17.6. The highest BCUT2D eigenvalue weighted by Crippen LogP contribution is 2.30. The normalized spacial score (nSPS) is 12.9. The number of benzene rings is 2. The number of halogens is 4. The lowest BCUT2D eigenvalue weighted by atomic mass is 9.88. The fourth-order valence-corrected chi connectivity index (χ4v) is 3.53. The fraction of sp³-hybridized carbons (Fsp3) is 0.250. The summed E-state index contributed by atoms with van der Waals surface area (Å²) in [6.07, 6.45) is 2.48. The first-order valence-corrected chi connectivity index (χ1v) is 10.3. The molecule has 0 saturated carbocycles. The van der Waals surface area contributed by atoms with E-state index in [0.717, 1.165) is 18.3 Å². The summed E-state index contributed by atoms with van der Waals surface area (Å²) in [5.41, 5.74) is 6.67. The molecule has 0 saturated heterocycles. The van der Waals surface area contributed by atoms with Gasteiger partial charge in [-0.15, -0.1) is 0 Å². The van der Waals surface area contributed by atoms with Crippen molar-refractivity contribution in [3.05, 3.63) is 94.8 Å². The Labute approximate surface area is 188 Å². The third kappa shape index (κ3) is 6.59. The third-order valence-corrected chi connectivity index (χ3v) is 5.23. The number of nitrogens with one attached hydrogen (secondary N) is 1. The van der Waals surface area contributed by atoms with E-state index in [9.17, 15) is 22.4 Å². The Hall–Kier alpha value is -3.30. The van der Waals surface area contributed by atoms with Crippen LogP contribution in [0.3, 0.4) is 0 Å². The van der Waals surface area contributed by atoms with Crippen LogP contribution in [0.15, 0.2) is 54.9 Å². The van der Waals surface area contributed by atoms with Gasteiger partial charge in [0, 0.05) is 30.0 Å². The molecule has 3 rings (SSSR count). The van der Waals surface area contributed by atoms with Crippen molar-refractivity contribution in [2.45, 2.75) is 31.2 Å². The van der Waals surface area contributed by atoms with E-state index in [2.05, 4.69) is 10.3 Å². The highest BCUT2D eigenvalue weighted by Gasteiger charge is 2.21. The molecule has 9 heteroatoms. The number of aromatic nitrogens is 1. The van der Waals surface area contributed by atoms with E-state index in [1.165, 1.54) is 30.5 Å². The average molecular weight is 461 g/mol. The van der Waals surface area contributed by atoms with E-state index in [-0.39, 0.29) is 42.7 Å². The van der Waals surface area contributed by atoms with Gasteiger partial charge < -0.3 is 16.2 Å². The van der Waals surface area contributed by atoms with Gasteiger partial charge in [0.1, 0.15) is 23.3 Å². The number of aliphatic hydroxyl groups excluding tert-OH is 1. The van der Waals surface area contributed by atoms with E-state index in [4.69, 9.17) is 10.8 Å². The molecule has 0 aliphatic heterocycles. The highest BCUT2D eigenvalue weighted by atomic mass is 19.1. The SMILES string of the molecule is NC(CO)CCc1c(F)cncc1NC(=O)CC(c1ccc(F)cc1)c1cc(F)cc(F)c1. The zero-order chi connectivity index (χ0) is 24.0. The van der Waals surface area contributed by atoms with Crippen LogP contribution in [-0.4, -0.2) is 28.6 Å². The van der Waals surface area contributed by atoms with Crippen LogP contribution in [0.1, 0.15) is 35.4 Å². The van der Waals surface area contributed by atoms with Crippen molar-refractivity contribution in [3.8, 4) is 0 Å². The first-order valence-electron chi connectivity index (χ1n) is 10.3. The van der Waals surface area contributed by atoms with E-state index in [1.807, 2.05) is 0 Å². The maximum absolute atomic E-state index is 14.3. The van der Waals surface area contributed by atoms with Gasteiger partial charge in [-0.25, -0.2) is 17.6 Å². The molecule has 1 heterocycles. The number of carbonyl (C=O) groups excluding carboxylic acids is 1. The molecular weight excluding hydrogens is 438 g/mol. The summed E-state index contributed by atoms with van der Waals surface area (Å²) in [4.78, 5) is 16.6. The minimum absolute atomic E-state index is 0.133. The molecule has 0 bridgehead atoms. The van der Waals surface area contributed by atoms with E-state index in [0.29, 0.717) is 11.6 Å². The number of anilines is 1. The van der Waals surface area contributed by atoms with Gasteiger partial charge in [-0.1, -0.05) is 12.1 Å². The van der Waals surface area contributed by atoms with Gasteiger partial charge in [0.25, 0.3) is 0 Å². The van der Waals surface area contributed by atoms with Gasteiger partial charge in [0.05, 0.1) is 24.7 Å². The van der Waals surface area contributed by atoms with Crippen LogP contribution >= 0.6 is 0 Å². The Morgan fingerprint density at radius 3 is 2.27 bits per heavy atom. The van der Waals surface area contributed by atoms with Gasteiger partial charge in [0.15, 0.2) is 0 Å². The predicted octanol–water partition coefficient (Wildman–Crippen LogP) is 4.05. The van der Waals surface area contributed by atoms with Crippen molar-refractivity contribution < 1.29 is 27.5 Å². The second-order valence-electron chi connectivity index (χ2n) is 7.69. The molecule has 33 heavy (non-hydrogen) atoms. The molecule has 1 aromatic heterocycles. The molecule has 2 unspecified atom stereocenters. The average Bonchev–Trinajstić information content (AvgIpc) is 2.77. The summed E-state index contributed by atoms with van der Waals surface area (Å²) < 4.78 is 55.4. The Morgan fingerprint density at radius 2 is 1.64 bits per heavy atom. The summed E-state index contributed by atoms with van der Waals surface area (Å²) in [5.74, 6) is -4.11. The van der Waals surface area contributed by atoms with Crippen LogP contribution < -0.4 is 11.1 Å². The molecule has 3 aromatic rings. The first-order chi connectivity index (χ1) is 15.8. The van der Waals surface area contributed by atoms with Crippen LogP contribution in [0.5, 0.6) is 0 Å². The van der Waals surface area contributed by atoms with Crippen LogP contribution in [0.25, 0.3) is 0 Å². The quantitative estimate of drug-likeness (QED) is 0.420. The van der Waals surface area contributed by atoms with Crippen LogP contribution in [0, 0.1) is 23.3 Å². The number of rotatable bonds is 9. The summed E-state index contributed by atoms with van der Waals surface area (Å²) in [6.45, 7) is -0.266. The highest BCUT2D eigenvalue weighted by molar-refractivity contribution is 5.92. The summed E-state index contributed by atoms with van der Waals surface area (Å²) in [6, 6.07) is 7.62. The van der Waals surface area contributed by atoms with E-state index in [1.54, 1.807) is 0 Å². The largest absolute Gasteiger partial charge is 0.395 e. The number of aliphatic hydroxyl groups is 1. The Bertz CT molecular complexity index is 1090. The number of carbonyl (C=O) groups is 1. The lowest BCUT2D eigenvalue weighted by molar-refractivity contribution is -0.116. The van der Waals surface area contributed by atoms with Gasteiger partial charge in [0.2, 0.25) is 5.91 Å². The minimum atomic E-state index is -0.811. The van der Waals surface area contributed by atoms with Crippen molar-refractivity contribution in [1.82, 2.24) is 4.98 Å². The Kier molecular flexibility index (Phi) is 8.13. The lowest BCUT2D eigenvalue weighted by Gasteiger charge is -2.19. The number of nitrogens with zero attached hydrogens (tertiary/aromatic N) is 1. The fourth-order valence-electron chi connectivity index (χ4n) is 3.53. The van der Waals surface area contributed by atoms with Crippen molar-refractivity contribution >= 4 is 11.6 Å². The van der Waals surface area contributed by atoms with E-state index >= 15 is 0 Å². The van der Waals surface area contributed by atoms with Gasteiger partial charge in [-0.05, 0) is 48.2 Å². The van der Waals surface area contributed by atoms with Crippen LogP contribution in [0.2, 0.25) is 0 Å². The van der Waals surface area contributed by atoms with Crippen molar-refractivity contribution in [1.29, 1.82) is 0 Å². The first kappa shape index (κ1) is 24.3. The summed E-state index contributed by atoms with van der Waals surface area (Å²) in [7, 11) is 0. The predicted molar refractivity (Wildman–Crippen MR) is 115 cm³/mol. The Morgan fingerprint density at radius 1 is 0.970 bits per heavy atom. The lowest BCUT2D eigenvalue weighted by Crippen LogP contribution is -2.25. The molecule has 1 amide bonds.